The van der Waals surface area contributed by atoms with Gasteiger partial charge in [-0.05, 0) is 87.3 Å². The minimum atomic E-state index is -4.57. The summed E-state index contributed by atoms with van der Waals surface area (Å²) in [6.07, 6.45) is -0.0584. The molecule has 2 aliphatic rings. The number of hydrogen-bond donors (Lipinski definition) is 1. The first-order valence-electron chi connectivity index (χ1n) is 12.1. The molecule has 0 radical (unpaired) electrons. The van der Waals surface area contributed by atoms with Crippen LogP contribution in [0, 0.1) is 16.7 Å². The zero-order valence-corrected chi connectivity index (χ0v) is 20.6. The van der Waals surface area contributed by atoms with E-state index in [1.807, 2.05) is 43.9 Å². The molecular weight excluding hydrogens is 451 g/mol. The highest BCUT2D eigenvalue weighted by Gasteiger charge is 2.35. The molecule has 1 fully saturated rings. The predicted octanol–water partition coefficient (Wildman–Crippen LogP) is 7.00. The second-order valence-electron chi connectivity index (χ2n) is 9.45. The van der Waals surface area contributed by atoms with Crippen molar-refractivity contribution in [1.82, 2.24) is 4.90 Å². The van der Waals surface area contributed by atoms with E-state index in [1.165, 1.54) is 0 Å². The van der Waals surface area contributed by atoms with Crippen LogP contribution in [0.1, 0.15) is 76.3 Å². The normalized spacial score (nSPS) is 17.4. The highest BCUT2D eigenvalue weighted by atomic mass is 19.4. The minimum absolute atomic E-state index is 0.0206. The van der Waals surface area contributed by atoms with Crippen LogP contribution < -0.4 is 0 Å². The molecule has 0 atom stereocenters. The number of hydrogen-bond acceptors (Lipinski definition) is 3. The Bertz CT molecular complexity index is 1110. The summed E-state index contributed by atoms with van der Waals surface area (Å²) in [5, 5.41) is 16.2. The smallest absolute Gasteiger partial charge is 0.338 e. The monoisotopic (exact) mass is 483 g/mol. The van der Waals surface area contributed by atoms with Gasteiger partial charge in [0, 0.05) is 24.6 Å². The number of benzene rings is 1. The van der Waals surface area contributed by atoms with Gasteiger partial charge in [-0.3, -0.25) is 4.79 Å². The fourth-order valence-corrected chi connectivity index (χ4v) is 4.60. The van der Waals surface area contributed by atoms with Crippen LogP contribution in [0.2, 0.25) is 0 Å². The predicted molar refractivity (Wildman–Crippen MR) is 131 cm³/mol. The quantitative estimate of drug-likeness (QED) is 0.405. The van der Waals surface area contributed by atoms with Crippen molar-refractivity contribution >= 4 is 11.6 Å². The van der Waals surface area contributed by atoms with E-state index in [4.69, 9.17) is 10.7 Å². The molecule has 3 rings (SSSR count). The standard InChI is InChI=1S/C28H32F3N3O/c1-4-18(2)24(6-5-7-26(33)28(29,30)31)25-14-22(11-8-19(25)3)27(35)34-16-23(17-34)21-12-9-20(15-32)10-13-21/h9-10,12-14,23,33H,4-8,11,16-17H2,1-3H3/b24-18-,33-26?. The van der Waals surface area contributed by atoms with Gasteiger partial charge >= 0.3 is 6.18 Å². The van der Waals surface area contributed by atoms with E-state index in [9.17, 15) is 18.0 Å². The zero-order chi connectivity index (χ0) is 25.8. The molecule has 1 aliphatic carbocycles. The molecule has 0 aromatic heterocycles. The van der Waals surface area contributed by atoms with Gasteiger partial charge < -0.3 is 10.3 Å². The molecular formula is C28H32F3N3O. The largest absolute Gasteiger partial charge is 0.428 e. The number of carbonyl (C=O) groups excluding carboxylic acids is 1. The van der Waals surface area contributed by atoms with Gasteiger partial charge in [0.05, 0.1) is 11.6 Å². The molecule has 35 heavy (non-hydrogen) atoms. The summed E-state index contributed by atoms with van der Waals surface area (Å²) >= 11 is 0. The Morgan fingerprint density at radius 2 is 1.83 bits per heavy atom. The average molecular weight is 484 g/mol. The van der Waals surface area contributed by atoms with Crippen LogP contribution in [0.5, 0.6) is 0 Å². The molecule has 1 N–H and O–H groups in total. The van der Waals surface area contributed by atoms with E-state index < -0.39 is 11.9 Å². The van der Waals surface area contributed by atoms with Gasteiger partial charge in [-0.1, -0.05) is 30.2 Å². The van der Waals surface area contributed by atoms with Crippen molar-refractivity contribution in [3.05, 3.63) is 69.3 Å². The van der Waals surface area contributed by atoms with Gasteiger partial charge in [-0.2, -0.15) is 18.4 Å². The van der Waals surface area contributed by atoms with Crippen molar-refractivity contribution in [2.45, 2.75) is 71.4 Å². The van der Waals surface area contributed by atoms with Crippen LogP contribution in [0.15, 0.2) is 58.2 Å². The molecule has 1 aliphatic heterocycles. The lowest BCUT2D eigenvalue weighted by Gasteiger charge is -2.40. The van der Waals surface area contributed by atoms with E-state index in [0.717, 1.165) is 46.3 Å². The third kappa shape index (κ3) is 6.30. The van der Waals surface area contributed by atoms with Crippen LogP contribution in [-0.4, -0.2) is 35.8 Å². The molecule has 0 unspecified atom stereocenters. The number of allylic oxidation sites excluding steroid dienone is 5. The van der Waals surface area contributed by atoms with Crippen LogP contribution in [0.25, 0.3) is 0 Å². The van der Waals surface area contributed by atoms with E-state index in [0.29, 0.717) is 31.5 Å². The lowest BCUT2D eigenvalue weighted by Crippen LogP contribution is -2.49. The first kappa shape index (κ1) is 26.5. The molecule has 1 aromatic rings. The van der Waals surface area contributed by atoms with E-state index >= 15 is 0 Å². The molecule has 0 saturated carbocycles. The molecule has 0 bridgehead atoms. The Balaban J connectivity index is 1.69. The summed E-state index contributed by atoms with van der Waals surface area (Å²) in [4.78, 5) is 15.0. The van der Waals surface area contributed by atoms with Gasteiger partial charge in [0.2, 0.25) is 5.91 Å². The Morgan fingerprint density at radius 3 is 2.40 bits per heavy atom. The Kier molecular flexibility index (Phi) is 8.37. The lowest BCUT2D eigenvalue weighted by atomic mass is 9.83. The summed E-state index contributed by atoms with van der Waals surface area (Å²) in [7, 11) is 0. The lowest BCUT2D eigenvalue weighted by molar-refractivity contribution is -0.131. The first-order valence-corrected chi connectivity index (χ1v) is 12.1. The number of nitriles is 1. The third-order valence-corrected chi connectivity index (χ3v) is 7.07. The molecule has 1 heterocycles. The molecule has 0 spiro atoms. The van der Waals surface area contributed by atoms with E-state index in [1.54, 1.807) is 12.1 Å². The van der Waals surface area contributed by atoms with Crippen molar-refractivity contribution in [3.63, 3.8) is 0 Å². The van der Waals surface area contributed by atoms with Gasteiger partial charge in [0.25, 0.3) is 0 Å². The highest BCUT2D eigenvalue weighted by molar-refractivity contribution is 5.95. The van der Waals surface area contributed by atoms with Gasteiger partial charge in [-0.25, -0.2) is 0 Å². The van der Waals surface area contributed by atoms with Crippen LogP contribution in [-0.2, 0) is 4.79 Å². The summed E-state index contributed by atoms with van der Waals surface area (Å²) in [5.41, 5.74) is 5.52. The van der Waals surface area contributed by atoms with Gasteiger partial charge in [-0.15, -0.1) is 0 Å². The SMILES string of the molecule is CC/C(C)=C(/CCCC(=N)C(F)(F)F)C1=C(C)CCC(C(=O)N2CC(c3ccc(C#N)cc3)C2)=C1. The number of likely N-dealkylation sites (tertiary alicyclic amines) is 1. The summed E-state index contributed by atoms with van der Waals surface area (Å²) < 4.78 is 38.2. The fraction of sp³-hybridized carbons (Fsp3) is 0.464. The van der Waals surface area contributed by atoms with Gasteiger partial charge in [0.15, 0.2) is 0 Å². The molecule has 1 aromatic carbocycles. The third-order valence-electron chi connectivity index (χ3n) is 7.07. The maximum atomic E-state index is 13.2. The Morgan fingerprint density at radius 1 is 1.17 bits per heavy atom. The van der Waals surface area contributed by atoms with Crippen LogP contribution in [0.4, 0.5) is 13.2 Å². The Hall–Kier alpha value is -3.14. The van der Waals surface area contributed by atoms with E-state index in [-0.39, 0.29) is 24.7 Å². The van der Waals surface area contributed by atoms with Gasteiger partial charge in [0.1, 0.15) is 5.71 Å². The number of rotatable bonds is 8. The summed E-state index contributed by atoms with van der Waals surface area (Å²) in [6, 6.07) is 9.59. The average Bonchev–Trinajstić information content (AvgIpc) is 2.80. The van der Waals surface area contributed by atoms with Crippen molar-refractivity contribution in [3.8, 4) is 6.07 Å². The number of nitrogens with zero attached hydrogens (tertiary/aromatic N) is 2. The molecule has 7 heteroatoms. The van der Waals surface area contributed by atoms with Crippen LogP contribution in [0.3, 0.4) is 0 Å². The minimum Gasteiger partial charge on any atom is -0.338 e. The van der Waals surface area contributed by atoms with Crippen LogP contribution >= 0.6 is 0 Å². The number of nitrogens with one attached hydrogen (secondary N) is 1. The van der Waals surface area contributed by atoms with Crippen molar-refractivity contribution in [1.29, 1.82) is 10.7 Å². The second-order valence-corrected chi connectivity index (χ2v) is 9.45. The number of alkyl halides is 3. The molecule has 1 amide bonds. The molecule has 4 nitrogen and oxygen atoms in total. The summed E-state index contributed by atoms with van der Waals surface area (Å²) in [6.45, 7) is 7.31. The van der Waals surface area contributed by atoms with Crippen molar-refractivity contribution in [2.75, 3.05) is 13.1 Å². The maximum absolute atomic E-state index is 13.2. The molecule has 186 valence electrons. The van der Waals surface area contributed by atoms with E-state index in [2.05, 4.69) is 6.07 Å². The first-order chi connectivity index (χ1) is 16.5. The van der Waals surface area contributed by atoms with Crippen molar-refractivity contribution in [2.24, 2.45) is 0 Å². The topological polar surface area (TPSA) is 68.0 Å². The number of carbonyl (C=O) groups is 1. The molecule has 1 saturated heterocycles. The zero-order valence-electron chi connectivity index (χ0n) is 20.6. The van der Waals surface area contributed by atoms with Crippen molar-refractivity contribution < 1.29 is 18.0 Å². The summed E-state index contributed by atoms with van der Waals surface area (Å²) in [5.74, 6) is 0.279. The highest BCUT2D eigenvalue weighted by Crippen LogP contribution is 2.36. The Labute approximate surface area is 205 Å². The number of amides is 1. The number of halogens is 3. The fourth-order valence-electron chi connectivity index (χ4n) is 4.60. The maximum Gasteiger partial charge on any atom is 0.428 e. The second kappa shape index (κ2) is 11.1.